The van der Waals surface area contributed by atoms with Gasteiger partial charge in [0.1, 0.15) is 6.20 Å². The van der Waals surface area contributed by atoms with E-state index in [-0.39, 0.29) is 11.2 Å². The van der Waals surface area contributed by atoms with Gasteiger partial charge in [0.15, 0.2) is 0 Å². The van der Waals surface area contributed by atoms with Gasteiger partial charge in [0.25, 0.3) is 5.56 Å². The highest BCUT2D eigenvalue weighted by Crippen LogP contribution is 2.14. The second-order valence-electron chi connectivity index (χ2n) is 6.29. The molecule has 25 heavy (non-hydrogen) atoms. The molecule has 0 atom stereocenters. The van der Waals surface area contributed by atoms with Crippen molar-refractivity contribution in [3.8, 4) is 0 Å². The van der Waals surface area contributed by atoms with Crippen molar-refractivity contribution in [1.29, 1.82) is 0 Å². The van der Waals surface area contributed by atoms with Crippen LogP contribution in [0.25, 0.3) is 0 Å². The predicted molar refractivity (Wildman–Crippen MR) is 95.9 cm³/mol. The van der Waals surface area contributed by atoms with Crippen molar-refractivity contribution in [3.63, 3.8) is 0 Å². The van der Waals surface area contributed by atoms with E-state index >= 15 is 0 Å². The van der Waals surface area contributed by atoms with Crippen molar-refractivity contribution in [2.24, 2.45) is 7.05 Å². The van der Waals surface area contributed by atoms with Crippen LogP contribution in [0.1, 0.15) is 12.8 Å². The van der Waals surface area contributed by atoms with E-state index in [1.807, 2.05) is 12.3 Å². The summed E-state index contributed by atoms with van der Waals surface area (Å²) in [6.45, 7) is 5.64. The van der Waals surface area contributed by atoms with Crippen LogP contribution in [0.2, 0.25) is 0 Å². The molecule has 0 amide bonds. The molecule has 0 radical (unpaired) electrons. The average Bonchev–Trinajstić information content (AvgIpc) is 2.66. The van der Waals surface area contributed by atoms with Gasteiger partial charge in [0, 0.05) is 46.0 Å². The zero-order chi connectivity index (χ0) is 17.6. The maximum atomic E-state index is 11.9. The number of anilines is 1. The minimum atomic E-state index is -0.368. The van der Waals surface area contributed by atoms with Crippen LogP contribution in [-0.2, 0) is 13.6 Å². The smallest absolute Gasteiger partial charge is 0.347 e. The van der Waals surface area contributed by atoms with E-state index in [1.165, 1.54) is 23.6 Å². The number of unbranched alkanes of at least 4 members (excludes halogenated alkanes) is 1. The molecule has 3 heterocycles. The van der Waals surface area contributed by atoms with E-state index in [4.69, 9.17) is 0 Å². The van der Waals surface area contributed by atoms with E-state index in [0.717, 1.165) is 50.1 Å². The highest BCUT2D eigenvalue weighted by Gasteiger charge is 2.16. The lowest BCUT2D eigenvalue weighted by Crippen LogP contribution is -2.46. The van der Waals surface area contributed by atoms with Crippen LogP contribution in [0.5, 0.6) is 0 Å². The maximum absolute atomic E-state index is 11.9. The quantitative estimate of drug-likeness (QED) is 0.684. The van der Waals surface area contributed by atoms with Gasteiger partial charge in [-0.1, -0.05) is 0 Å². The number of nitrogens with zero attached hydrogens (tertiary/aromatic N) is 6. The Balaban J connectivity index is 1.40. The van der Waals surface area contributed by atoms with Crippen molar-refractivity contribution in [3.05, 3.63) is 51.6 Å². The third-order valence-corrected chi connectivity index (χ3v) is 4.62. The zero-order valence-corrected chi connectivity index (χ0v) is 14.5. The second-order valence-corrected chi connectivity index (χ2v) is 6.29. The van der Waals surface area contributed by atoms with E-state index in [0.29, 0.717) is 6.54 Å². The van der Waals surface area contributed by atoms with Gasteiger partial charge >= 0.3 is 5.69 Å². The molecule has 0 bridgehead atoms. The first kappa shape index (κ1) is 17.3. The molecule has 0 N–H and O–H groups in total. The summed E-state index contributed by atoms with van der Waals surface area (Å²) < 4.78 is 2.45. The summed E-state index contributed by atoms with van der Waals surface area (Å²) in [6, 6.07) is 4.07. The fraction of sp³-hybridized carbons (Fsp3) is 0.529. The molecule has 0 spiro atoms. The molecule has 134 valence electrons. The van der Waals surface area contributed by atoms with Gasteiger partial charge < -0.3 is 4.90 Å². The summed E-state index contributed by atoms with van der Waals surface area (Å²) in [5, 5.41) is 3.91. The van der Waals surface area contributed by atoms with Crippen molar-refractivity contribution < 1.29 is 0 Å². The molecule has 1 saturated heterocycles. The van der Waals surface area contributed by atoms with Crippen molar-refractivity contribution in [2.45, 2.75) is 19.4 Å². The van der Waals surface area contributed by atoms with Crippen LogP contribution in [0, 0.1) is 0 Å². The molecule has 1 aliphatic rings. The third-order valence-electron chi connectivity index (χ3n) is 4.62. The normalized spacial score (nSPS) is 15.5. The van der Waals surface area contributed by atoms with Gasteiger partial charge in [-0.15, -0.1) is 0 Å². The molecule has 0 unspecified atom stereocenters. The zero-order valence-electron chi connectivity index (χ0n) is 14.5. The fourth-order valence-corrected chi connectivity index (χ4v) is 3.04. The molecule has 0 aliphatic carbocycles. The van der Waals surface area contributed by atoms with Crippen molar-refractivity contribution >= 4 is 5.69 Å². The predicted octanol–water partition coefficient (Wildman–Crippen LogP) is -0.0606. The van der Waals surface area contributed by atoms with Crippen LogP contribution >= 0.6 is 0 Å². The lowest BCUT2D eigenvalue weighted by atomic mass is 10.2. The van der Waals surface area contributed by atoms with E-state index in [2.05, 4.69) is 25.9 Å². The molecule has 2 aromatic heterocycles. The Morgan fingerprint density at radius 2 is 1.80 bits per heavy atom. The van der Waals surface area contributed by atoms with E-state index in [1.54, 1.807) is 6.20 Å². The summed E-state index contributed by atoms with van der Waals surface area (Å²) in [5.41, 5.74) is 0.465. The topological polar surface area (TPSA) is 76.3 Å². The summed E-state index contributed by atoms with van der Waals surface area (Å²) in [4.78, 5) is 32.2. The molecule has 1 fully saturated rings. The highest BCUT2D eigenvalue weighted by molar-refractivity contribution is 5.43. The average molecular weight is 344 g/mol. The fourth-order valence-electron chi connectivity index (χ4n) is 3.04. The Labute approximate surface area is 146 Å². The molecule has 2 aromatic rings. The van der Waals surface area contributed by atoms with Crippen LogP contribution in [0.15, 0.2) is 40.3 Å². The lowest BCUT2D eigenvalue weighted by molar-refractivity contribution is 0.250. The first-order chi connectivity index (χ1) is 12.1. The standard InChI is InChI=1S/C17H24N6O2/c1-20-16(24)14-19-23(17(20)25)8-3-2-7-21-9-11-22(12-10-21)15-5-4-6-18-13-15/h4-6,13-14H,2-3,7-12H2,1H3. The van der Waals surface area contributed by atoms with Crippen LogP contribution in [0.3, 0.4) is 0 Å². The molecule has 8 nitrogen and oxygen atoms in total. The molecule has 8 heteroatoms. The molecular weight excluding hydrogens is 320 g/mol. The number of hydrogen-bond donors (Lipinski definition) is 0. The number of aryl methyl sites for hydroxylation is 1. The Kier molecular flexibility index (Phi) is 5.60. The highest BCUT2D eigenvalue weighted by atomic mass is 16.2. The van der Waals surface area contributed by atoms with Gasteiger partial charge in [-0.2, -0.15) is 5.10 Å². The Hall–Kier alpha value is -2.48. The minimum Gasteiger partial charge on any atom is -0.368 e. The lowest BCUT2D eigenvalue weighted by Gasteiger charge is -2.35. The van der Waals surface area contributed by atoms with Gasteiger partial charge in [-0.05, 0) is 31.5 Å². The second kappa shape index (κ2) is 8.06. The number of pyridine rings is 1. The molecule has 3 rings (SSSR count). The molecule has 1 aliphatic heterocycles. The number of aromatic nitrogens is 4. The number of rotatable bonds is 6. The van der Waals surface area contributed by atoms with E-state index in [9.17, 15) is 9.59 Å². The maximum Gasteiger partial charge on any atom is 0.347 e. The summed E-state index contributed by atoms with van der Waals surface area (Å²) >= 11 is 0. The van der Waals surface area contributed by atoms with Crippen LogP contribution < -0.4 is 16.1 Å². The summed E-state index contributed by atoms with van der Waals surface area (Å²) in [7, 11) is 1.48. The summed E-state index contributed by atoms with van der Waals surface area (Å²) in [6.07, 6.45) is 6.77. The van der Waals surface area contributed by atoms with Gasteiger partial charge in [0.2, 0.25) is 0 Å². The number of hydrogen-bond acceptors (Lipinski definition) is 6. The monoisotopic (exact) mass is 344 g/mol. The Morgan fingerprint density at radius 1 is 1.04 bits per heavy atom. The largest absolute Gasteiger partial charge is 0.368 e. The Morgan fingerprint density at radius 3 is 2.52 bits per heavy atom. The third kappa shape index (κ3) is 4.33. The molecular formula is C17H24N6O2. The van der Waals surface area contributed by atoms with Crippen LogP contribution in [-0.4, -0.2) is 57.0 Å². The Bertz CT molecular complexity index is 793. The van der Waals surface area contributed by atoms with E-state index < -0.39 is 0 Å². The first-order valence-electron chi connectivity index (χ1n) is 8.65. The van der Waals surface area contributed by atoms with Gasteiger partial charge in [-0.25, -0.2) is 9.48 Å². The SMILES string of the molecule is Cn1c(=O)cnn(CCCCN2CCN(c3cccnc3)CC2)c1=O. The molecule has 0 saturated carbocycles. The van der Waals surface area contributed by atoms with Crippen molar-refractivity contribution in [1.82, 2.24) is 24.2 Å². The van der Waals surface area contributed by atoms with Crippen molar-refractivity contribution in [2.75, 3.05) is 37.6 Å². The molecule has 0 aromatic carbocycles. The summed E-state index contributed by atoms with van der Waals surface area (Å²) in [5.74, 6) is 0. The number of piperazine rings is 1. The van der Waals surface area contributed by atoms with Gasteiger partial charge in [0.05, 0.1) is 11.9 Å². The first-order valence-corrected chi connectivity index (χ1v) is 8.65. The van der Waals surface area contributed by atoms with Gasteiger partial charge in [-0.3, -0.25) is 19.2 Å². The van der Waals surface area contributed by atoms with Crippen LogP contribution in [0.4, 0.5) is 5.69 Å². The minimum absolute atomic E-state index is 0.349.